The van der Waals surface area contributed by atoms with Crippen LogP contribution in [-0.4, -0.2) is 69.9 Å². The van der Waals surface area contributed by atoms with Crippen LogP contribution in [0.1, 0.15) is 36.4 Å². The first kappa shape index (κ1) is 43.0. The van der Waals surface area contributed by atoms with Crippen LogP contribution >= 0.6 is 0 Å². The molecule has 2 aromatic heterocycles. The Kier molecular flexibility index (Phi) is 16.3. The van der Waals surface area contributed by atoms with Crippen molar-refractivity contribution >= 4 is 11.9 Å². The average molecular weight is 787 g/mol. The van der Waals surface area contributed by atoms with Crippen LogP contribution in [0.5, 0.6) is 11.5 Å². The molecule has 0 aliphatic rings. The summed E-state index contributed by atoms with van der Waals surface area (Å²) in [7, 11) is 0. The van der Waals surface area contributed by atoms with Gasteiger partial charge in [-0.25, -0.2) is 9.59 Å². The summed E-state index contributed by atoms with van der Waals surface area (Å²) in [6.07, 6.45) is -0.960. The van der Waals surface area contributed by atoms with E-state index in [-0.39, 0.29) is 0 Å². The molecule has 10 nitrogen and oxygen atoms in total. The van der Waals surface area contributed by atoms with Gasteiger partial charge >= 0.3 is 11.9 Å². The number of carbonyl (C=O) groups is 2. The molecule has 0 saturated carbocycles. The molecule has 0 unspecified atom stereocenters. The summed E-state index contributed by atoms with van der Waals surface area (Å²) in [5, 5.41) is 18.4. The van der Waals surface area contributed by atoms with E-state index >= 15 is 0 Å². The summed E-state index contributed by atoms with van der Waals surface area (Å²) < 4.78 is 26.9. The van der Waals surface area contributed by atoms with Crippen LogP contribution in [0.25, 0.3) is 22.5 Å². The average Bonchev–Trinajstić information content (AvgIpc) is 3.80. The van der Waals surface area contributed by atoms with Crippen molar-refractivity contribution < 1.29 is 38.7 Å². The van der Waals surface area contributed by atoms with Crippen molar-refractivity contribution in [1.82, 2.24) is 9.13 Å². The summed E-state index contributed by atoms with van der Waals surface area (Å²) in [4.78, 5) is 22.4. The highest BCUT2D eigenvalue weighted by atomic mass is 16.5. The zero-order valence-electron chi connectivity index (χ0n) is 33.8. The molecule has 0 amide bonds. The van der Waals surface area contributed by atoms with E-state index in [1.165, 1.54) is 33.9 Å². The number of rotatable bonds is 20. The fourth-order valence-electron chi connectivity index (χ4n) is 6.67. The molecule has 2 atom stereocenters. The van der Waals surface area contributed by atoms with Crippen molar-refractivity contribution in [2.45, 2.75) is 65.8 Å². The van der Waals surface area contributed by atoms with Gasteiger partial charge in [-0.15, -0.1) is 0 Å². The van der Waals surface area contributed by atoms with Crippen LogP contribution in [-0.2, 0) is 45.0 Å². The minimum Gasteiger partial charge on any atom is -0.492 e. The maximum Gasteiger partial charge on any atom is 0.333 e. The SMILES string of the molecule is CCO[C@@H](Cc1ccc(OCCn2c(C)ccc2-c2ccccc2)cc1)C(=O)O.CCO[C@@H](Cc1ccc(OCCn2c(C)ccc2-c2ccccc2)cc1)C(=O)O. The third-order valence-electron chi connectivity index (χ3n) is 9.68. The lowest BCUT2D eigenvalue weighted by Gasteiger charge is -2.14. The zero-order chi connectivity index (χ0) is 41.3. The predicted octanol–water partition coefficient (Wildman–Crippen LogP) is 9.15. The topological polar surface area (TPSA) is 121 Å². The second-order valence-corrected chi connectivity index (χ2v) is 13.7. The van der Waals surface area contributed by atoms with Gasteiger partial charge in [0.05, 0.1) is 13.1 Å². The highest BCUT2D eigenvalue weighted by molar-refractivity contribution is 5.73. The fraction of sp³-hybridized carbons (Fsp3) is 0.292. The van der Waals surface area contributed by atoms with Crippen molar-refractivity contribution in [2.75, 3.05) is 26.4 Å². The van der Waals surface area contributed by atoms with E-state index in [9.17, 15) is 19.8 Å². The van der Waals surface area contributed by atoms with Gasteiger partial charge in [0.25, 0.3) is 0 Å². The lowest BCUT2D eigenvalue weighted by Crippen LogP contribution is -2.26. The molecule has 0 spiro atoms. The zero-order valence-corrected chi connectivity index (χ0v) is 33.8. The Labute approximate surface area is 341 Å². The first-order valence-electron chi connectivity index (χ1n) is 19.7. The van der Waals surface area contributed by atoms with Gasteiger partial charge < -0.3 is 38.3 Å². The van der Waals surface area contributed by atoms with E-state index in [4.69, 9.17) is 18.9 Å². The van der Waals surface area contributed by atoms with Crippen LogP contribution < -0.4 is 9.47 Å². The Balaban J connectivity index is 0.000000221. The fourth-order valence-corrected chi connectivity index (χ4v) is 6.67. The Morgan fingerprint density at radius 3 is 1.21 bits per heavy atom. The summed E-state index contributed by atoms with van der Waals surface area (Å²) >= 11 is 0. The van der Waals surface area contributed by atoms with Gasteiger partial charge in [-0.05, 0) is 98.5 Å². The predicted molar refractivity (Wildman–Crippen MR) is 227 cm³/mol. The van der Waals surface area contributed by atoms with Crippen molar-refractivity contribution in [3.8, 4) is 34.0 Å². The van der Waals surface area contributed by atoms with Crippen molar-refractivity contribution in [3.63, 3.8) is 0 Å². The molecule has 6 rings (SSSR count). The lowest BCUT2D eigenvalue weighted by molar-refractivity contribution is -0.150. The minimum atomic E-state index is -0.941. The van der Waals surface area contributed by atoms with Crippen molar-refractivity contribution in [3.05, 3.63) is 156 Å². The van der Waals surface area contributed by atoms with Gasteiger partial charge in [-0.3, -0.25) is 0 Å². The quantitative estimate of drug-likeness (QED) is 0.0787. The molecule has 2 heterocycles. The van der Waals surface area contributed by atoms with Crippen molar-refractivity contribution in [2.24, 2.45) is 0 Å². The number of ether oxygens (including phenoxy) is 4. The van der Waals surface area contributed by atoms with E-state index in [1.54, 1.807) is 13.8 Å². The molecule has 0 saturated heterocycles. The smallest absolute Gasteiger partial charge is 0.333 e. The highest BCUT2D eigenvalue weighted by Crippen LogP contribution is 2.24. The number of benzene rings is 4. The number of carboxylic acid groups (broad SMARTS) is 2. The van der Waals surface area contributed by atoms with Crippen LogP contribution in [0.3, 0.4) is 0 Å². The largest absolute Gasteiger partial charge is 0.492 e. The van der Waals surface area contributed by atoms with Gasteiger partial charge in [0, 0.05) is 48.8 Å². The minimum absolute atomic E-state index is 0.340. The third-order valence-corrected chi connectivity index (χ3v) is 9.68. The molecule has 4 aromatic carbocycles. The van der Waals surface area contributed by atoms with Gasteiger partial charge in [0.1, 0.15) is 24.7 Å². The molecule has 0 aliphatic carbocycles. The molecule has 58 heavy (non-hydrogen) atoms. The number of hydrogen-bond acceptors (Lipinski definition) is 6. The van der Waals surface area contributed by atoms with Gasteiger partial charge in [-0.1, -0.05) is 84.9 Å². The second-order valence-electron chi connectivity index (χ2n) is 13.7. The van der Waals surface area contributed by atoms with E-state index in [0.29, 0.717) is 39.3 Å². The molecular weight excluding hydrogens is 733 g/mol. The van der Waals surface area contributed by atoms with E-state index in [1.807, 2.05) is 84.9 Å². The number of aryl methyl sites for hydroxylation is 2. The standard InChI is InChI=1S/2C24H27NO4/c2*1-3-28-23(24(26)27)17-19-10-12-21(13-11-19)29-16-15-25-18(2)9-14-22(25)20-7-5-4-6-8-20/h2*4-14,23H,3,15-17H2,1-2H3,(H,26,27)/t2*23-/m00/s1. The summed E-state index contributed by atoms with van der Waals surface area (Å²) in [6, 6.07) is 44.2. The van der Waals surface area contributed by atoms with Crippen LogP contribution in [0.2, 0.25) is 0 Å². The van der Waals surface area contributed by atoms with Gasteiger partial charge in [0.2, 0.25) is 0 Å². The molecule has 6 aromatic rings. The van der Waals surface area contributed by atoms with E-state index < -0.39 is 24.1 Å². The van der Waals surface area contributed by atoms with Crippen LogP contribution in [0.4, 0.5) is 0 Å². The molecule has 304 valence electrons. The normalized spacial score (nSPS) is 11.9. The van der Waals surface area contributed by atoms with Crippen LogP contribution in [0, 0.1) is 13.8 Å². The van der Waals surface area contributed by atoms with Crippen LogP contribution in [0.15, 0.2) is 133 Å². The highest BCUT2D eigenvalue weighted by Gasteiger charge is 2.19. The van der Waals surface area contributed by atoms with Gasteiger partial charge in [0.15, 0.2) is 12.2 Å². The molecule has 0 bridgehead atoms. The monoisotopic (exact) mass is 786 g/mol. The van der Waals surface area contributed by atoms with E-state index in [0.717, 1.165) is 35.7 Å². The maximum absolute atomic E-state index is 11.2. The Bertz CT molecular complexity index is 1990. The number of hydrogen-bond donors (Lipinski definition) is 2. The Morgan fingerprint density at radius 2 is 0.879 bits per heavy atom. The first-order valence-corrected chi connectivity index (χ1v) is 19.7. The maximum atomic E-state index is 11.2. The lowest BCUT2D eigenvalue weighted by atomic mass is 10.1. The first-order chi connectivity index (χ1) is 28.2. The summed E-state index contributed by atoms with van der Waals surface area (Å²) in [5.41, 5.74) is 8.93. The summed E-state index contributed by atoms with van der Waals surface area (Å²) in [6.45, 7) is 11.1. The van der Waals surface area contributed by atoms with E-state index in [2.05, 4.69) is 71.5 Å². The molecular formula is C48H54N2O8. The molecule has 0 radical (unpaired) electrons. The number of carboxylic acids is 2. The molecule has 10 heteroatoms. The van der Waals surface area contributed by atoms with Gasteiger partial charge in [-0.2, -0.15) is 0 Å². The number of aliphatic carboxylic acids is 2. The molecule has 0 fully saturated rings. The molecule has 2 N–H and O–H groups in total. The third kappa shape index (κ3) is 12.4. The second kappa shape index (κ2) is 22.0. The Morgan fingerprint density at radius 1 is 0.517 bits per heavy atom. The molecule has 0 aliphatic heterocycles. The summed E-state index contributed by atoms with van der Waals surface area (Å²) in [5.74, 6) is -0.349. The number of nitrogens with zero attached hydrogens (tertiary/aromatic N) is 2. The van der Waals surface area contributed by atoms with Crippen molar-refractivity contribution in [1.29, 1.82) is 0 Å². The number of aromatic nitrogens is 2. The Hall–Kier alpha value is -6.10.